The fourth-order valence-corrected chi connectivity index (χ4v) is 0.908. The number of benzene rings is 1. The Hall–Kier alpha value is -1.62. The van der Waals surface area contributed by atoms with E-state index in [1.165, 1.54) is 0 Å². The molecule has 0 saturated carbocycles. The van der Waals surface area contributed by atoms with Crippen LogP contribution in [0.25, 0.3) is 11.0 Å². The molecule has 1 aromatic heterocycles. The average Bonchev–Trinajstić information content (AvgIpc) is 2.64. The van der Waals surface area contributed by atoms with Gasteiger partial charge in [-0.3, -0.25) is 0 Å². The van der Waals surface area contributed by atoms with Crippen LogP contribution >= 0.6 is 0 Å². The lowest BCUT2D eigenvalue weighted by atomic mass is 10.3. The lowest BCUT2D eigenvalue weighted by Crippen LogP contribution is -2.07. The van der Waals surface area contributed by atoms with E-state index in [4.69, 9.17) is 5.26 Å². The zero-order valence-corrected chi connectivity index (χ0v) is 7.51. The third-order valence-electron chi connectivity index (χ3n) is 1.40. The van der Waals surface area contributed by atoms with Crippen molar-refractivity contribution in [2.75, 3.05) is 0 Å². The summed E-state index contributed by atoms with van der Waals surface area (Å²) in [6.07, 6.45) is 0. The Kier molecular flexibility index (Phi) is 3.22. The van der Waals surface area contributed by atoms with Gasteiger partial charge in [-0.2, -0.15) is 5.26 Å². The minimum absolute atomic E-state index is 0.634. The van der Waals surface area contributed by atoms with Gasteiger partial charge in [-0.05, 0) is 22.2 Å². The number of nitrogens with zero attached hydrogens (tertiary/aromatic N) is 3. The van der Waals surface area contributed by atoms with Gasteiger partial charge in [0.2, 0.25) is 0 Å². The van der Waals surface area contributed by atoms with Crippen LogP contribution in [0, 0.1) is 0 Å². The minimum Gasteiger partial charge on any atom is -0.222 e. The van der Waals surface area contributed by atoms with Crippen LogP contribution in [0.1, 0.15) is 13.8 Å². The molecule has 0 fully saturated rings. The molecule has 1 aromatic carbocycles. The van der Waals surface area contributed by atoms with Gasteiger partial charge in [0.25, 0.3) is 0 Å². The number of hydrogen-bond acceptors (Lipinski definition) is 4. The summed E-state index contributed by atoms with van der Waals surface area (Å²) in [5, 5.41) is 15.5. The van der Waals surface area contributed by atoms with E-state index >= 15 is 0 Å². The predicted octanol–water partition coefficient (Wildman–Crippen LogP) is 1.36. The second kappa shape index (κ2) is 4.42. The third-order valence-corrected chi connectivity index (χ3v) is 1.40. The van der Waals surface area contributed by atoms with E-state index in [1.807, 2.05) is 19.9 Å². The summed E-state index contributed by atoms with van der Waals surface area (Å²) in [7, 11) is 0. The molecule has 0 aliphatic carbocycles. The fraction of sp³-hybridized carbons (Fsp3) is 0.250. The van der Waals surface area contributed by atoms with Gasteiger partial charge in [0.05, 0.1) is 0 Å². The van der Waals surface area contributed by atoms with E-state index in [1.54, 1.807) is 18.2 Å². The van der Waals surface area contributed by atoms with E-state index in [2.05, 4.69) is 15.3 Å². The second-order valence-corrected chi connectivity index (χ2v) is 2.03. The molecular formula is C8H11N3O2. The molecule has 0 radical (unpaired) electrons. The third kappa shape index (κ3) is 1.75. The molecule has 0 bridgehead atoms. The molecule has 1 heterocycles. The highest BCUT2D eigenvalue weighted by Gasteiger charge is 2.01. The van der Waals surface area contributed by atoms with Crippen molar-refractivity contribution < 1.29 is 10.2 Å². The van der Waals surface area contributed by atoms with Gasteiger partial charge in [-0.1, -0.05) is 26.0 Å². The molecule has 13 heavy (non-hydrogen) atoms. The number of aromatic nitrogens is 3. The fourth-order valence-electron chi connectivity index (χ4n) is 0.908. The molecule has 70 valence electrons. The van der Waals surface area contributed by atoms with Gasteiger partial charge in [-0.25, -0.2) is 4.99 Å². The Balaban J connectivity index is 0.000000396. The van der Waals surface area contributed by atoms with E-state index < -0.39 is 0 Å². The van der Waals surface area contributed by atoms with Crippen LogP contribution in [0.2, 0.25) is 0 Å². The highest BCUT2D eigenvalue weighted by Crippen LogP contribution is 2.07. The van der Waals surface area contributed by atoms with Crippen LogP contribution in [0.15, 0.2) is 24.3 Å². The van der Waals surface area contributed by atoms with E-state index in [0.717, 1.165) is 4.85 Å². The first-order valence-corrected chi connectivity index (χ1v) is 4.04. The van der Waals surface area contributed by atoms with Crippen LogP contribution in [-0.2, 0) is 0 Å². The normalized spacial score (nSPS) is 9.15. The molecular weight excluding hydrogens is 170 g/mol. The Bertz CT molecular complexity index is 372. The summed E-state index contributed by atoms with van der Waals surface area (Å²) < 4.78 is 0. The minimum atomic E-state index is 0.634. The standard InChI is InChI=1S/C6H5N3O2.C2H6/c10-11-9-6-4-2-1-3-5(6)7-8-9;1-2/h1-4,10H;1-2H3. The molecule has 5 nitrogen and oxygen atoms in total. The zero-order chi connectivity index (χ0) is 9.68. The van der Waals surface area contributed by atoms with Crippen LogP contribution in [0.3, 0.4) is 0 Å². The molecule has 2 aromatic rings. The first kappa shape index (κ1) is 9.47. The summed E-state index contributed by atoms with van der Waals surface area (Å²) in [6.45, 7) is 4.00. The van der Waals surface area contributed by atoms with Gasteiger partial charge in [0.15, 0.2) is 0 Å². The smallest absolute Gasteiger partial charge is 0.134 e. The molecule has 0 atom stereocenters. The summed E-state index contributed by atoms with van der Waals surface area (Å²) in [6, 6.07) is 7.16. The van der Waals surface area contributed by atoms with Crippen molar-refractivity contribution in [1.29, 1.82) is 0 Å². The van der Waals surface area contributed by atoms with Gasteiger partial charge in [-0.15, -0.1) is 5.10 Å². The topological polar surface area (TPSA) is 60.2 Å². The Morgan fingerprint density at radius 3 is 2.69 bits per heavy atom. The number of para-hydroxylation sites is 1. The highest BCUT2D eigenvalue weighted by molar-refractivity contribution is 5.73. The quantitative estimate of drug-likeness (QED) is 0.533. The zero-order valence-electron chi connectivity index (χ0n) is 7.51. The number of rotatable bonds is 1. The first-order valence-electron chi connectivity index (χ1n) is 4.04. The maximum atomic E-state index is 8.28. The first-order chi connectivity index (χ1) is 6.42. The number of fused-ring (bicyclic) bond motifs is 1. The van der Waals surface area contributed by atoms with Gasteiger partial charge in [0, 0.05) is 0 Å². The lowest BCUT2D eigenvalue weighted by Gasteiger charge is -1.91. The van der Waals surface area contributed by atoms with Gasteiger partial charge in [0.1, 0.15) is 11.0 Å². The van der Waals surface area contributed by atoms with Gasteiger partial charge >= 0.3 is 0 Å². The van der Waals surface area contributed by atoms with E-state index in [0.29, 0.717) is 11.0 Å². The molecule has 0 unspecified atom stereocenters. The Labute approximate surface area is 75.4 Å². The van der Waals surface area contributed by atoms with E-state index in [9.17, 15) is 0 Å². The number of hydrogen-bond donors (Lipinski definition) is 1. The molecule has 1 N–H and O–H groups in total. The van der Waals surface area contributed by atoms with Gasteiger partial charge < -0.3 is 0 Å². The van der Waals surface area contributed by atoms with Crippen LogP contribution in [-0.4, -0.2) is 20.4 Å². The highest BCUT2D eigenvalue weighted by atomic mass is 17.2. The summed E-state index contributed by atoms with van der Waals surface area (Å²) >= 11 is 0. The molecule has 0 saturated heterocycles. The van der Waals surface area contributed by atoms with Crippen molar-refractivity contribution in [3.8, 4) is 0 Å². The molecule has 0 amide bonds. The van der Waals surface area contributed by atoms with Crippen LogP contribution in [0.4, 0.5) is 0 Å². The summed E-state index contributed by atoms with van der Waals surface area (Å²) in [5.41, 5.74) is 1.32. The average molecular weight is 181 g/mol. The maximum Gasteiger partial charge on any atom is 0.134 e. The van der Waals surface area contributed by atoms with Crippen LogP contribution in [0.5, 0.6) is 0 Å². The Morgan fingerprint density at radius 1 is 1.31 bits per heavy atom. The SMILES string of the molecule is CC.OOn1nnc2ccccc21. The summed E-state index contributed by atoms with van der Waals surface area (Å²) in [5.74, 6) is 0. The van der Waals surface area contributed by atoms with Crippen molar-refractivity contribution in [2.45, 2.75) is 13.8 Å². The maximum absolute atomic E-state index is 8.28. The molecule has 0 aliphatic heterocycles. The molecule has 5 heteroatoms. The summed E-state index contributed by atoms with van der Waals surface area (Å²) in [4.78, 5) is 4.85. The van der Waals surface area contributed by atoms with E-state index in [-0.39, 0.29) is 0 Å². The van der Waals surface area contributed by atoms with Crippen molar-refractivity contribution >= 4 is 11.0 Å². The largest absolute Gasteiger partial charge is 0.222 e. The second-order valence-electron chi connectivity index (χ2n) is 2.03. The predicted molar refractivity (Wildman–Crippen MR) is 48.1 cm³/mol. The van der Waals surface area contributed by atoms with Crippen molar-refractivity contribution in [1.82, 2.24) is 15.2 Å². The molecule has 2 rings (SSSR count). The van der Waals surface area contributed by atoms with Crippen LogP contribution < -0.4 is 4.99 Å². The molecule has 0 spiro atoms. The van der Waals surface area contributed by atoms with Crippen molar-refractivity contribution in [2.24, 2.45) is 0 Å². The van der Waals surface area contributed by atoms with Crippen molar-refractivity contribution in [3.05, 3.63) is 24.3 Å². The Morgan fingerprint density at radius 2 is 2.00 bits per heavy atom. The molecule has 0 aliphatic rings. The monoisotopic (exact) mass is 181 g/mol. The van der Waals surface area contributed by atoms with Crippen molar-refractivity contribution in [3.63, 3.8) is 0 Å². The lowest BCUT2D eigenvalue weighted by molar-refractivity contribution is -0.250.